The number of ether oxygens (including phenoxy) is 1. The Hall–Kier alpha value is -2.00. The minimum absolute atomic E-state index is 0.212. The highest BCUT2D eigenvalue weighted by Gasteiger charge is 2.29. The fourth-order valence-corrected chi connectivity index (χ4v) is 6.10. The van der Waals surface area contributed by atoms with Gasteiger partial charge < -0.3 is 10.1 Å². The van der Waals surface area contributed by atoms with E-state index >= 15 is 0 Å². The molecule has 2 aromatic heterocycles. The molecular formula is C22H21BrN2O3S2. The van der Waals surface area contributed by atoms with E-state index < -0.39 is 0 Å². The first-order valence-electron chi connectivity index (χ1n) is 9.69. The van der Waals surface area contributed by atoms with Crippen LogP contribution < -0.4 is 5.32 Å². The first-order chi connectivity index (χ1) is 14.5. The van der Waals surface area contributed by atoms with Gasteiger partial charge in [0.2, 0.25) is 0 Å². The number of amides is 1. The molecule has 3 aromatic rings. The van der Waals surface area contributed by atoms with E-state index in [1.807, 2.05) is 24.3 Å². The van der Waals surface area contributed by atoms with Gasteiger partial charge in [-0.2, -0.15) is 0 Å². The first-order valence-corrected chi connectivity index (χ1v) is 12.1. The topological polar surface area (TPSA) is 58.6 Å². The molecule has 1 N–H and O–H groups in total. The van der Waals surface area contributed by atoms with Gasteiger partial charge in [0.25, 0.3) is 5.91 Å². The number of hydrogen-bond acceptors (Lipinski definition) is 6. The largest absolute Gasteiger partial charge is 0.462 e. The summed E-state index contributed by atoms with van der Waals surface area (Å²) in [6, 6.07) is 14.0. The van der Waals surface area contributed by atoms with Crippen LogP contribution >= 0.6 is 38.6 Å². The predicted molar refractivity (Wildman–Crippen MR) is 125 cm³/mol. The Morgan fingerprint density at radius 3 is 2.67 bits per heavy atom. The standard InChI is InChI=1S/C22H21BrN2O3S2/c1-2-28-22(27)19-15-10-11-25(12-14-6-4-3-5-7-14)13-17(15)30-21(19)24-20(26)16-8-9-18(23)29-16/h3-9H,2,10-13H2,1H3,(H,24,26). The number of nitrogens with zero attached hydrogens (tertiary/aromatic N) is 1. The highest BCUT2D eigenvalue weighted by molar-refractivity contribution is 9.11. The summed E-state index contributed by atoms with van der Waals surface area (Å²) in [6.45, 7) is 4.56. The van der Waals surface area contributed by atoms with Crippen molar-refractivity contribution < 1.29 is 14.3 Å². The molecule has 5 nitrogen and oxygen atoms in total. The number of carbonyl (C=O) groups excluding carboxylic acids is 2. The van der Waals surface area contributed by atoms with Gasteiger partial charge >= 0.3 is 5.97 Å². The molecule has 0 spiro atoms. The number of esters is 1. The van der Waals surface area contributed by atoms with Gasteiger partial charge in [0.15, 0.2) is 0 Å². The highest BCUT2D eigenvalue weighted by atomic mass is 79.9. The Balaban J connectivity index is 1.59. The maximum Gasteiger partial charge on any atom is 0.341 e. The number of benzene rings is 1. The lowest BCUT2D eigenvalue weighted by molar-refractivity contribution is 0.0526. The third-order valence-corrected chi connectivity index (χ3v) is 7.64. The van der Waals surface area contributed by atoms with Gasteiger partial charge in [-0.1, -0.05) is 30.3 Å². The molecule has 0 bridgehead atoms. The van der Waals surface area contributed by atoms with Crippen LogP contribution in [-0.4, -0.2) is 29.9 Å². The van der Waals surface area contributed by atoms with Gasteiger partial charge in [0, 0.05) is 24.5 Å². The summed E-state index contributed by atoms with van der Waals surface area (Å²) in [5, 5.41) is 3.53. The van der Waals surface area contributed by atoms with Crippen molar-refractivity contribution in [3.8, 4) is 0 Å². The Morgan fingerprint density at radius 2 is 1.97 bits per heavy atom. The van der Waals surface area contributed by atoms with Gasteiger partial charge in [-0.25, -0.2) is 4.79 Å². The van der Waals surface area contributed by atoms with Crippen molar-refractivity contribution in [2.75, 3.05) is 18.5 Å². The average Bonchev–Trinajstić information content (AvgIpc) is 3.32. The molecule has 30 heavy (non-hydrogen) atoms. The monoisotopic (exact) mass is 504 g/mol. The molecule has 1 aromatic carbocycles. The van der Waals surface area contributed by atoms with E-state index in [0.717, 1.165) is 40.3 Å². The third-order valence-electron chi connectivity index (χ3n) is 4.89. The summed E-state index contributed by atoms with van der Waals surface area (Å²) in [6.07, 6.45) is 0.757. The number of fused-ring (bicyclic) bond motifs is 1. The van der Waals surface area contributed by atoms with Gasteiger partial charge in [-0.15, -0.1) is 22.7 Å². The Labute approximate surface area is 191 Å². The minimum atomic E-state index is -0.367. The zero-order valence-electron chi connectivity index (χ0n) is 16.4. The van der Waals surface area contributed by atoms with Gasteiger partial charge in [-0.3, -0.25) is 9.69 Å². The second kappa shape index (κ2) is 9.43. The molecule has 0 unspecified atom stereocenters. The van der Waals surface area contributed by atoms with Crippen molar-refractivity contribution in [1.29, 1.82) is 0 Å². The smallest absolute Gasteiger partial charge is 0.341 e. The summed E-state index contributed by atoms with van der Waals surface area (Å²) in [7, 11) is 0. The zero-order chi connectivity index (χ0) is 21.1. The zero-order valence-corrected chi connectivity index (χ0v) is 19.7. The molecule has 3 heterocycles. The van der Waals surface area contributed by atoms with Crippen LogP contribution in [0.25, 0.3) is 0 Å². The molecule has 8 heteroatoms. The second-order valence-electron chi connectivity index (χ2n) is 6.93. The van der Waals surface area contributed by atoms with E-state index in [1.165, 1.54) is 28.2 Å². The van der Waals surface area contributed by atoms with Gasteiger partial charge in [0.05, 0.1) is 20.8 Å². The van der Waals surface area contributed by atoms with Crippen LogP contribution in [0.5, 0.6) is 0 Å². The van der Waals surface area contributed by atoms with Crippen molar-refractivity contribution in [2.24, 2.45) is 0 Å². The summed E-state index contributed by atoms with van der Waals surface area (Å²) < 4.78 is 6.19. The molecular weight excluding hydrogens is 484 g/mol. The summed E-state index contributed by atoms with van der Waals surface area (Å²) in [5.41, 5.74) is 2.78. The molecule has 1 aliphatic heterocycles. The predicted octanol–water partition coefficient (Wildman–Crippen LogP) is 5.56. The summed E-state index contributed by atoms with van der Waals surface area (Å²) in [5.74, 6) is -0.579. The van der Waals surface area contributed by atoms with Crippen molar-refractivity contribution in [3.05, 3.63) is 72.7 Å². The van der Waals surface area contributed by atoms with Crippen LogP contribution in [0.2, 0.25) is 0 Å². The van der Waals surface area contributed by atoms with Crippen LogP contribution in [0.1, 0.15) is 43.0 Å². The molecule has 0 saturated heterocycles. The number of nitrogens with one attached hydrogen (secondary N) is 1. The van der Waals surface area contributed by atoms with Crippen LogP contribution in [0.3, 0.4) is 0 Å². The lowest BCUT2D eigenvalue weighted by atomic mass is 10.0. The number of hydrogen-bond donors (Lipinski definition) is 1. The van der Waals surface area contributed by atoms with E-state index in [9.17, 15) is 9.59 Å². The number of rotatable bonds is 6. The van der Waals surface area contributed by atoms with Crippen molar-refractivity contribution in [2.45, 2.75) is 26.4 Å². The molecule has 4 rings (SSSR count). The van der Waals surface area contributed by atoms with Crippen molar-refractivity contribution >= 4 is 55.5 Å². The van der Waals surface area contributed by atoms with E-state index in [0.29, 0.717) is 22.0 Å². The third kappa shape index (κ3) is 4.67. The fraction of sp³-hybridized carbons (Fsp3) is 0.273. The number of halogens is 1. The Bertz CT molecular complexity index is 1060. The van der Waals surface area contributed by atoms with Crippen LogP contribution in [0, 0.1) is 0 Å². The molecule has 1 amide bonds. The van der Waals surface area contributed by atoms with Gasteiger partial charge in [0.1, 0.15) is 5.00 Å². The number of thiophene rings is 2. The van der Waals surface area contributed by atoms with Crippen molar-refractivity contribution in [3.63, 3.8) is 0 Å². The summed E-state index contributed by atoms with van der Waals surface area (Å²) >= 11 is 6.23. The molecule has 0 atom stereocenters. The fourth-order valence-electron chi connectivity index (χ4n) is 3.54. The van der Waals surface area contributed by atoms with E-state index in [1.54, 1.807) is 13.0 Å². The SMILES string of the molecule is CCOC(=O)c1c(NC(=O)c2ccc(Br)s2)sc2c1CCN(Cc1ccccc1)C2. The molecule has 0 fully saturated rings. The van der Waals surface area contributed by atoms with E-state index in [4.69, 9.17) is 4.74 Å². The lowest BCUT2D eigenvalue weighted by Crippen LogP contribution is -2.29. The Morgan fingerprint density at radius 1 is 1.17 bits per heavy atom. The molecule has 0 aliphatic carbocycles. The normalized spacial score (nSPS) is 13.7. The van der Waals surface area contributed by atoms with Crippen LogP contribution in [0.15, 0.2) is 46.3 Å². The van der Waals surface area contributed by atoms with Gasteiger partial charge in [-0.05, 0) is 52.5 Å². The molecule has 1 aliphatic rings. The molecule has 156 valence electrons. The van der Waals surface area contributed by atoms with E-state index in [-0.39, 0.29) is 11.9 Å². The maximum atomic E-state index is 12.7. The highest BCUT2D eigenvalue weighted by Crippen LogP contribution is 2.38. The molecule has 0 radical (unpaired) electrons. The van der Waals surface area contributed by atoms with Crippen LogP contribution in [0.4, 0.5) is 5.00 Å². The quantitative estimate of drug-likeness (QED) is 0.446. The first kappa shape index (κ1) is 21.2. The maximum absolute atomic E-state index is 12.7. The number of anilines is 1. The number of carbonyl (C=O) groups is 2. The van der Waals surface area contributed by atoms with Crippen LogP contribution in [-0.2, 0) is 24.2 Å². The molecule has 0 saturated carbocycles. The average molecular weight is 505 g/mol. The lowest BCUT2D eigenvalue weighted by Gasteiger charge is -2.27. The van der Waals surface area contributed by atoms with Crippen molar-refractivity contribution in [1.82, 2.24) is 4.90 Å². The second-order valence-corrected chi connectivity index (χ2v) is 10.5. The summed E-state index contributed by atoms with van der Waals surface area (Å²) in [4.78, 5) is 29.5. The van der Waals surface area contributed by atoms with E-state index in [2.05, 4.69) is 38.3 Å². The Kier molecular flexibility index (Phi) is 6.67. The minimum Gasteiger partial charge on any atom is -0.462 e.